The highest BCUT2D eigenvalue weighted by Gasteiger charge is 2.20. The third-order valence-corrected chi connectivity index (χ3v) is 7.19. The van der Waals surface area contributed by atoms with E-state index in [2.05, 4.69) is 54.8 Å². The van der Waals surface area contributed by atoms with Crippen LogP contribution in [-0.2, 0) is 6.54 Å². The molecule has 1 aliphatic heterocycles. The molecular formula is C29H52N2O. The number of ether oxygens (including phenoxy) is 1. The average molecular weight is 445 g/mol. The Morgan fingerprint density at radius 2 is 1.38 bits per heavy atom. The number of benzene rings is 1. The molecular weight excluding hydrogens is 392 g/mol. The SMILES string of the molecule is CCCCCCCCCCCCCCOc1cccc(CN2CCN(C(C)CC)CC2)c1. The molecule has 0 aliphatic carbocycles. The summed E-state index contributed by atoms with van der Waals surface area (Å²) in [4.78, 5) is 5.22. The average Bonchev–Trinajstić information content (AvgIpc) is 2.82. The highest BCUT2D eigenvalue weighted by molar-refractivity contribution is 5.28. The normalized spacial score (nSPS) is 16.3. The van der Waals surface area contributed by atoms with Gasteiger partial charge < -0.3 is 4.74 Å². The van der Waals surface area contributed by atoms with Crippen molar-refractivity contribution in [3.8, 4) is 5.75 Å². The van der Waals surface area contributed by atoms with Crippen LogP contribution in [-0.4, -0.2) is 48.6 Å². The lowest BCUT2D eigenvalue weighted by atomic mass is 10.1. The first-order valence-electron chi connectivity index (χ1n) is 13.9. The van der Waals surface area contributed by atoms with Gasteiger partial charge in [0.25, 0.3) is 0 Å². The molecule has 1 atom stereocenters. The van der Waals surface area contributed by atoms with Gasteiger partial charge in [0.1, 0.15) is 5.75 Å². The quantitative estimate of drug-likeness (QED) is 0.216. The maximum atomic E-state index is 6.06. The lowest BCUT2D eigenvalue weighted by Gasteiger charge is -2.37. The summed E-state index contributed by atoms with van der Waals surface area (Å²) in [6.45, 7) is 13.6. The number of hydrogen-bond donors (Lipinski definition) is 0. The van der Waals surface area contributed by atoms with Crippen LogP contribution in [0.4, 0.5) is 0 Å². The molecule has 0 aromatic heterocycles. The van der Waals surface area contributed by atoms with Crippen LogP contribution in [0.1, 0.15) is 110 Å². The van der Waals surface area contributed by atoms with E-state index in [-0.39, 0.29) is 0 Å². The molecule has 32 heavy (non-hydrogen) atoms. The molecule has 1 unspecified atom stereocenters. The molecule has 1 aromatic rings. The first-order valence-corrected chi connectivity index (χ1v) is 13.9. The van der Waals surface area contributed by atoms with Crippen molar-refractivity contribution in [3.63, 3.8) is 0 Å². The zero-order valence-electron chi connectivity index (χ0n) is 21.6. The zero-order chi connectivity index (χ0) is 22.9. The molecule has 0 radical (unpaired) electrons. The molecule has 1 saturated heterocycles. The second-order valence-corrected chi connectivity index (χ2v) is 9.95. The van der Waals surface area contributed by atoms with Gasteiger partial charge in [-0.05, 0) is 37.5 Å². The Morgan fingerprint density at radius 3 is 1.97 bits per heavy atom. The molecule has 2 rings (SSSR count). The Kier molecular flexibility index (Phi) is 14.8. The van der Waals surface area contributed by atoms with Crippen LogP contribution >= 0.6 is 0 Å². The smallest absolute Gasteiger partial charge is 0.119 e. The molecule has 0 amide bonds. The van der Waals surface area contributed by atoms with Crippen molar-refractivity contribution in [2.75, 3.05) is 32.8 Å². The molecule has 1 aromatic carbocycles. The number of piperazine rings is 1. The fourth-order valence-corrected chi connectivity index (χ4v) is 4.75. The predicted molar refractivity (Wildman–Crippen MR) is 140 cm³/mol. The van der Waals surface area contributed by atoms with Gasteiger partial charge in [-0.1, -0.05) is 96.6 Å². The minimum atomic E-state index is 0.717. The second-order valence-electron chi connectivity index (χ2n) is 9.95. The lowest BCUT2D eigenvalue weighted by molar-refractivity contribution is 0.0963. The van der Waals surface area contributed by atoms with E-state index < -0.39 is 0 Å². The van der Waals surface area contributed by atoms with Gasteiger partial charge >= 0.3 is 0 Å². The van der Waals surface area contributed by atoms with Crippen LogP contribution in [0.3, 0.4) is 0 Å². The van der Waals surface area contributed by atoms with E-state index in [4.69, 9.17) is 4.74 Å². The maximum Gasteiger partial charge on any atom is 0.119 e. The van der Waals surface area contributed by atoms with Crippen molar-refractivity contribution in [2.45, 2.75) is 117 Å². The van der Waals surface area contributed by atoms with Crippen LogP contribution < -0.4 is 4.74 Å². The fraction of sp³-hybridized carbons (Fsp3) is 0.793. The summed E-state index contributed by atoms with van der Waals surface area (Å²) >= 11 is 0. The highest BCUT2D eigenvalue weighted by atomic mass is 16.5. The summed E-state index contributed by atoms with van der Waals surface area (Å²) in [7, 11) is 0. The first-order chi connectivity index (χ1) is 15.7. The van der Waals surface area contributed by atoms with Crippen LogP contribution in [0.5, 0.6) is 5.75 Å². The van der Waals surface area contributed by atoms with E-state index in [9.17, 15) is 0 Å². The van der Waals surface area contributed by atoms with E-state index in [1.54, 1.807) is 0 Å². The summed E-state index contributed by atoms with van der Waals surface area (Å²) in [5.74, 6) is 1.05. The standard InChI is InChI=1S/C29H52N2O/c1-4-6-7-8-9-10-11-12-13-14-15-16-24-32-29-19-17-18-28(25-29)26-30-20-22-31(23-21-30)27(3)5-2/h17-19,25,27H,4-16,20-24,26H2,1-3H3. The Hall–Kier alpha value is -1.06. The van der Waals surface area contributed by atoms with Gasteiger partial charge in [0.05, 0.1) is 6.61 Å². The summed E-state index contributed by atoms with van der Waals surface area (Å²) in [5.41, 5.74) is 1.38. The molecule has 3 heteroatoms. The lowest BCUT2D eigenvalue weighted by Crippen LogP contribution is -2.48. The Bertz CT molecular complexity index is 568. The van der Waals surface area contributed by atoms with Gasteiger partial charge in [-0.25, -0.2) is 0 Å². The summed E-state index contributed by atoms with van der Waals surface area (Å²) in [6.07, 6.45) is 17.9. The Balaban J connectivity index is 1.49. The van der Waals surface area contributed by atoms with E-state index >= 15 is 0 Å². The van der Waals surface area contributed by atoms with Crippen LogP contribution in [0.2, 0.25) is 0 Å². The van der Waals surface area contributed by atoms with Crippen LogP contribution in [0.15, 0.2) is 24.3 Å². The molecule has 1 fully saturated rings. The van der Waals surface area contributed by atoms with Crippen LogP contribution in [0.25, 0.3) is 0 Å². The Morgan fingerprint density at radius 1 is 0.781 bits per heavy atom. The molecule has 3 nitrogen and oxygen atoms in total. The molecule has 1 heterocycles. The summed E-state index contributed by atoms with van der Waals surface area (Å²) < 4.78 is 6.06. The highest BCUT2D eigenvalue weighted by Crippen LogP contribution is 2.18. The molecule has 0 N–H and O–H groups in total. The molecule has 0 bridgehead atoms. The molecule has 1 aliphatic rings. The topological polar surface area (TPSA) is 15.7 Å². The number of unbranched alkanes of at least 4 members (excludes halogenated alkanes) is 11. The minimum absolute atomic E-state index is 0.717. The number of nitrogens with zero attached hydrogens (tertiary/aromatic N) is 2. The summed E-state index contributed by atoms with van der Waals surface area (Å²) in [5, 5.41) is 0. The largest absolute Gasteiger partial charge is 0.494 e. The van der Waals surface area contributed by atoms with Gasteiger partial charge in [0, 0.05) is 38.8 Å². The van der Waals surface area contributed by atoms with Crippen molar-refractivity contribution < 1.29 is 4.74 Å². The van der Waals surface area contributed by atoms with Crippen molar-refractivity contribution >= 4 is 0 Å². The van der Waals surface area contributed by atoms with Gasteiger partial charge in [-0.2, -0.15) is 0 Å². The molecule has 0 spiro atoms. The van der Waals surface area contributed by atoms with Gasteiger partial charge in [-0.15, -0.1) is 0 Å². The fourth-order valence-electron chi connectivity index (χ4n) is 4.75. The van der Waals surface area contributed by atoms with E-state index in [1.165, 1.54) is 115 Å². The van der Waals surface area contributed by atoms with E-state index in [0.29, 0.717) is 6.04 Å². The van der Waals surface area contributed by atoms with E-state index in [0.717, 1.165) is 18.9 Å². The molecule has 0 saturated carbocycles. The van der Waals surface area contributed by atoms with Crippen molar-refractivity contribution in [1.82, 2.24) is 9.80 Å². The Labute approximate surface area is 199 Å². The van der Waals surface area contributed by atoms with Crippen molar-refractivity contribution in [3.05, 3.63) is 29.8 Å². The first kappa shape index (κ1) is 27.2. The molecule has 184 valence electrons. The second kappa shape index (κ2) is 17.4. The van der Waals surface area contributed by atoms with E-state index in [1.807, 2.05) is 0 Å². The van der Waals surface area contributed by atoms with Crippen LogP contribution in [0, 0.1) is 0 Å². The number of rotatable bonds is 18. The monoisotopic (exact) mass is 444 g/mol. The zero-order valence-corrected chi connectivity index (χ0v) is 21.6. The van der Waals surface area contributed by atoms with Gasteiger partial charge in [-0.3, -0.25) is 9.80 Å². The number of hydrogen-bond acceptors (Lipinski definition) is 3. The van der Waals surface area contributed by atoms with Crippen molar-refractivity contribution in [2.24, 2.45) is 0 Å². The van der Waals surface area contributed by atoms with Crippen molar-refractivity contribution in [1.29, 1.82) is 0 Å². The predicted octanol–water partition coefficient (Wildman–Crippen LogP) is 7.68. The van der Waals surface area contributed by atoms with Gasteiger partial charge in [0.15, 0.2) is 0 Å². The van der Waals surface area contributed by atoms with Gasteiger partial charge in [0.2, 0.25) is 0 Å². The third kappa shape index (κ3) is 11.7. The third-order valence-electron chi connectivity index (χ3n) is 7.19. The summed E-state index contributed by atoms with van der Waals surface area (Å²) in [6, 6.07) is 9.49. The minimum Gasteiger partial charge on any atom is -0.494 e. The maximum absolute atomic E-state index is 6.06.